The van der Waals surface area contributed by atoms with E-state index in [9.17, 15) is 9.59 Å². The summed E-state index contributed by atoms with van der Waals surface area (Å²) in [5, 5.41) is 4.91. The van der Waals surface area contributed by atoms with Gasteiger partial charge in [0.05, 0.1) is 6.54 Å². The van der Waals surface area contributed by atoms with Crippen LogP contribution >= 0.6 is 11.3 Å². The van der Waals surface area contributed by atoms with Crippen molar-refractivity contribution in [3.05, 3.63) is 57.9 Å². The number of anilines is 1. The lowest BCUT2D eigenvalue weighted by molar-refractivity contribution is -0.125. The first-order chi connectivity index (χ1) is 14.1. The molecule has 2 aliphatic heterocycles. The number of likely N-dealkylation sites (N-methyl/N-ethyl adjacent to an activating group) is 1. The lowest BCUT2D eigenvalue weighted by atomic mass is 10.1. The van der Waals surface area contributed by atoms with Crippen LogP contribution in [0.3, 0.4) is 0 Å². The molecule has 0 fully saturated rings. The summed E-state index contributed by atoms with van der Waals surface area (Å²) >= 11 is 1.75. The number of nitrogens with one attached hydrogen (secondary N) is 1. The molecule has 2 aromatic heterocycles. The van der Waals surface area contributed by atoms with Gasteiger partial charge in [0.15, 0.2) is 0 Å². The Bertz CT molecular complexity index is 965. The molecule has 0 atom stereocenters. The van der Waals surface area contributed by atoms with Gasteiger partial charge >= 0.3 is 0 Å². The van der Waals surface area contributed by atoms with Gasteiger partial charge in [-0.2, -0.15) is 0 Å². The Morgan fingerprint density at radius 1 is 1.31 bits per heavy atom. The van der Waals surface area contributed by atoms with Gasteiger partial charge in [-0.1, -0.05) is 12.1 Å². The number of nitrogens with zero attached hydrogens (tertiary/aromatic N) is 3. The van der Waals surface area contributed by atoms with Gasteiger partial charge in [0, 0.05) is 42.3 Å². The quantitative estimate of drug-likeness (QED) is 0.792. The molecule has 0 saturated heterocycles. The minimum atomic E-state index is -0.0612. The summed E-state index contributed by atoms with van der Waals surface area (Å²) in [5.74, 6) is 0.558. The molecule has 0 saturated carbocycles. The lowest BCUT2D eigenvalue weighted by Gasteiger charge is -2.18. The highest BCUT2D eigenvalue weighted by Crippen LogP contribution is 2.26. The van der Waals surface area contributed by atoms with E-state index in [1.807, 2.05) is 22.9 Å². The molecule has 7 heteroatoms. The van der Waals surface area contributed by atoms with Crippen molar-refractivity contribution in [2.24, 2.45) is 0 Å². The molecule has 2 aliphatic rings. The van der Waals surface area contributed by atoms with Crippen molar-refractivity contribution in [1.29, 1.82) is 0 Å². The summed E-state index contributed by atoms with van der Waals surface area (Å²) in [5.41, 5.74) is 3.14. The van der Waals surface area contributed by atoms with Gasteiger partial charge in [-0.25, -0.2) is 4.98 Å². The molecule has 29 heavy (non-hydrogen) atoms. The van der Waals surface area contributed by atoms with E-state index in [1.165, 1.54) is 10.5 Å². The summed E-state index contributed by atoms with van der Waals surface area (Å²) in [7, 11) is 1.90. The number of carbonyl (C=O) groups excluding carboxylic acids is 2. The van der Waals surface area contributed by atoms with Gasteiger partial charge in [-0.05, 0) is 54.6 Å². The molecule has 0 spiro atoms. The molecule has 0 radical (unpaired) electrons. The third-order valence-corrected chi connectivity index (χ3v) is 6.05. The van der Waals surface area contributed by atoms with E-state index in [0.29, 0.717) is 18.9 Å². The Morgan fingerprint density at radius 2 is 2.21 bits per heavy atom. The van der Waals surface area contributed by atoms with Gasteiger partial charge in [0.2, 0.25) is 11.8 Å². The van der Waals surface area contributed by atoms with Gasteiger partial charge < -0.3 is 10.2 Å². The lowest BCUT2D eigenvalue weighted by Crippen LogP contribution is -2.30. The summed E-state index contributed by atoms with van der Waals surface area (Å²) in [6.07, 6.45) is 9.13. The molecular formula is C22H24N4O2S. The topological polar surface area (TPSA) is 65.5 Å². The normalized spacial score (nSPS) is 18.0. The SMILES string of the molecule is CN1CC(=O)Nc2ncc(C=CC(=O)N3CCC=C(c4cccs4)CC3)cc2C1. The maximum Gasteiger partial charge on any atom is 0.246 e. The van der Waals surface area contributed by atoms with Crippen LogP contribution in [0, 0.1) is 0 Å². The monoisotopic (exact) mass is 408 g/mol. The highest BCUT2D eigenvalue weighted by atomic mass is 32.1. The smallest absolute Gasteiger partial charge is 0.246 e. The minimum absolute atomic E-state index is 0.0196. The van der Waals surface area contributed by atoms with Crippen LogP contribution in [0.25, 0.3) is 11.6 Å². The van der Waals surface area contributed by atoms with Crippen molar-refractivity contribution in [3.8, 4) is 0 Å². The summed E-state index contributed by atoms with van der Waals surface area (Å²) in [4.78, 5) is 34.0. The number of pyridine rings is 1. The Morgan fingerprint density at radius 3 is 3.03 bits per heavy atom. The maximum atomic E-state index is 12.7. The standard InChI is InChI=1S/C22H24N4O2S/c1-25-14-18-12-16(13-23-22(18)24-20(27)15-25)6-7-21(28)26-9-2-4-17(8-10-26)19-5-3-11-29-19/h3-7,11-13H,2,8-10,14-15H2,1H3,(H,23,24,27). The van der Waals surface area contributed by atoms with E-state index >= 15 is 0 Å². The predicted molar refractivity (Wildman–Crippen MR) is 116 cm³/mol. The Labute approximate surface area is 174 Å². The Balaban J connectivity index is 1.40. The molecule has 6 nitrogen and oxygen atoms in total. The van der Waals surface area contributed by atoms with Crippen molar-refractivity contribution in [2.45, 2.75) is 19.4 Å². The van der Waals surface area contributed by atoms with Crippen molar-refractivity contribution in [1.82, 2.24) is 14.8 Å². The summed E-state index contributed by atoms with van der Waals surface area (Å²) in [6.45, 7) is 2.44. The molecule has 150 valence electrons. The van der Waals surface area contributed by atoms with Crippen molar-refractivity contribution < 1.29 is 9.59 Å². The number of hydrogen-bond acceptors (Lipinski definition) is 5. The van der Waals surface area contributed by atoms with E-state index in [2.05, 4.69) is 33.9 Å². The van der Waals surface area contributed by atoms with Crippen LogP contribution in [0.4, 0.5) is 5.82 Å². The zero-order valence-corrected chi connectivity index (χ0v) is 17.2. The predicted octanol–water partition coefficient (Wildman–Crippen LogP) is 3.25. The van der Waals surface area contributed by atoms with Crippen LogP contribution in [0.2, 0.25) is 0 Å². The molecule has 1 N–H and O–H groups in total. The molecule has 2 aromatic rings. The molecule has 0 aliphatic carbocycles. The largest absolute Gasteiger partial charge is 0.339 e. The Hall–Kier alpha value is -2.77. The molecule has 4 rings (SSSR count). The highest BCUT2D eigenvalue weighted by Gasteiger charge is 2.18. The molecule has 4 heterocycles. The highest BCUT2D eigenvalue weighted by molar-refractivity contribution is 7.11. The van der Waals surface area contributed by atoms with Crippen molar-refractivity contribution in [2.75, 3.05) is 32.0 Å². The molecule has 2 amide bonds. The second-order valence-electron chi connectivity index (χ2n) is 7.40. The fourth-order valence-electron chi connectivity index (χ4n) is 3.66. The number of carbonyl (C=O) groups is 2. The van der Waals surface area contributed by atoms with Crippen molar-refractivity contribution in [3.63, 3.8) is 0 Å². The number of amides is 2. The number of hydrogen-bond donors (Lipinski definition) is 1. The van der Waals surface area contributed by atoms with Gasteiger partial charge in [-0.3, -0.25) is 14.5 Å². The number of fused-ring (bicyclic) bond motifs is 1. The zero-order valence-electron chi connectivity index (χ0n) is 16.4. The van der Waals surface area contributed by atoms with Crippen LogP contribution in [0.5, 0.6) is 0 Å². The van der Waals surface area contributed by atoms with Crippen LogP contribution in [0.15, 0.2) is 41.9 Å². The zero-order chi connectivity index (χ0) is 20.2. The third kappa shape index (κ3) is 4.81. The van der Waals surface area contributed by atoms with Crippen LogP contribution in [0.1, 0.15) is 28.8 Å². The number of thiophene rings is 1. The van der Waals surface area contributed by atoms with Gasteiger partial charge in [-0.15, -0.1) is 11.3 Å². The minimum Gasteiger partial charge on any atom is -0.339 e. The van der Waals surface area contributed by atoms with Gasteiger partial charge in [0.25, 0.3) is 0 Å². The molecule has 0 aromatic carbocycles. The van der Waals surface area contributed by atoms with Crippen LogP contribution < -0.4 is 5.32 Å². The van der Waals surface area contributed by atoms with Crippen LogP contribution in [-0.4, -0.2) is 53.3 Å². The fourth-order valence-corrected chi connectivity index (χ4v) is 4.46. The van der Waals surface area contributed by atoms with Crippen LogP contribution in [-0.2, 0) is 16.1 Å². The average molecular weight is 409 g/mol. The number of aromatic nitrogens is 1. The maximum absolute atomic E-state index is 12.7. The fraction of sp³-hybridized carbons (Fsp3) is 0.318. The third-order valence-electron chi connectivity index (χ3n) is 5.11. The first-order valence-electron chi connectivity index (χ1n) is 9.76. The molecular weight excluding hydrogens is 384 g/mol. The first-order valence-corrected chi connectivity index (χ1v) is 10.6. The van der Waals surface area contributed by atoms with E-state index in [1.54, 1.807) is 29.7 Å². The average Bonchev–Trinajstić information content (AvgIpc) is 3.05. The molecule has 0 unspecified atom stereocenters. The van der Waals surface area contributed by atoms with Gasteiger partial charge in [0.1, 0.15) is 5.82 Å². The van der Waals surface area contributed by atoms with E-state index in [-0.39, 0.29) is 11.8 Å². The second kappa shape index (κ2) is 8.71. The Kier molecular flexibility index (Phi) is 5.87. The summed E-state index contributed by atoms with van der Waals surface area (Å²) in [6, 6.07) is 6.18. The van der Waals surface area contributed by atoms with E-state index < -0.39 is 0 Å². The summed E-state index contributed by atoms with van der Waals surface area (Å²) < 4.78 is 0. The number of rotatable bonds is 3. The van der Waals surface area contributed by atoms with E-state index in [0.717, 1.165) is 37.1 Å². The first kappa shape index (κ1) is 19.5. The second-order valence-corrected chi connectivity index (χ2v) is 8.35. The van der Waals surface area contributed by atoms with E-state index in [4.69, 9.17) is 0 Å². The van der Waals surface area contributed by atoms with Crippen molar-refractivity contribution >= 4 is 40.6 Å². The molecule has 0 bridgehead atoms.